The molecule has 0 fully saturated rings. The lowest BCUT2D eigenvalue weighted by Gasteiger charge is -2.19. The Bertz CT molecular complexity index is 1220. The first-order valence-corrected chi connectivity index (χ1v) is 9.55. The summed E-state index contributed by atoms with van der Waals surface area (Å²) < 4.78 is 0. The maximum absolute atomic E-state index is 12.6. The van der Waals surface area contributed by atoms with Crippen LogP contribution in [-0.4, -0.2) is 11.8 Å². The van der Waals surface area contributed by atoms with E-state index in [4.69, 9.17) is 5.26 Å². The zero-order valence-electron chi connectivity index (χ0n) is 16.4. The standard InChI is InChI=1S/C25H19N3O2/c1-16-3-2-4-18(13-16)19-7-10-21-22(14-19)23(25(30)28-24(21)29)15-27-20-8-5-17(6-9-20)11-12-26/h2-10,13-15,27H,11H2,1H3,(H,28,29,30)/b23-15-. The van der Waals surface area contributed by atoms with Gasteiger partial charge in [0.25, 0.3) is 11.8 Å². The number of hydrogen-bond donors (Lipinski definition) is 2. The van der Waals surface area contributed by atoms with E-state index in [1.54, 1.807) is 12.3 Å². The number of nitrogens with zero attached hydrogens (tertiary/aromatic N) is 1. The average Bonchev–Trinajstić information content (AvgIpc) is 2.74. The van der Waals surface area contributed by atoms with Crippen molar-refractivity contribution in [3.05, 3.63) is 95.2 Å². The molecule has 0 aromatic heterocycles. The number of anilines is 1. The summed E-state index contributed by atoms with van der Waals surface area (Å²) in [6.07, 6.45) is 1.96. The molecular weight excluding hydrogens is 374 g/mol. The van der Waals surface area contributed by atoms with Crippen molar-refractivity contribution in [1.82, 2.24) is 5.32 Å². The van der Waals surface area contributed by atoms with Gasteiger partial charge in [-0.25, -0.2) is 0 Å². The smallest absolute Gasteiger partial charge is 0.260 e. The van der Waals surface area contributed by atoms with Crippen LogP contribution < -0.4 is 10.6 Å². The lowest BCUT2D eigenvalue weighted by atomic mass is 9.91. The zero-order valence-corrected chi connectivity index (χ0v) is 16.4. The Morgan fingerprint density at radius 1 is 0.933 bits per heavy atom. The molecule has 30 heavy (non-hydrogen) atoms. The van der Waals surface area contributed by atoms with E-state index in [1.165, 1.54) is 0 Å². The molecule has 2 amide bonds. The number of amides is 2. The largest absolute Gasteiger partial charge is 0.361 e. The van der Waals surface area contributed by atoms with Crippen LogP contribution in [0.4, 0.5) is 5.69 Å². The van der Waals surface area contributed by atoms with E-state index in [1.807, 2.05) is 61.5 Å². The minimum atomic E-state index is -0.442. The Morgan fingerprint density at radius 3 is 2.43 bits per heavy atom. The first-order valence-electron chi connectivity index (χ1n) is 9.55. The summed E-state index contributed by atoms with van der Waals surface area (Å²) >= 11 is 0. The van der Waals surface area contributed by atoms with Crippen molar-refractivity contribution in [2.24, 2.45) is 0 Å². The van der Waals surface area contributed by atoms with Gasteiger partial charge in [0.1, 0.15) is 0 Å². The van der Waals surface area contributed by atoms with Crippen molar-refractivity contribution in [2.45, 2.75) is 13.3 Å². The highest BCUT2D eigenvalue weighted by atomic mass is 16.2. The Morgan fingerprint density at radius 2 is 1.70 bits per heavy atom. The molecule has 3 aromatic carbocycles. The molecule has 0 saturated carbocycles. The van der Waals surface area contributed by atoms with Gasteiger partial charge in [0.15, 0.2) is 0 Å². The van der Waals surface area contributed by atoms with Gasteiger partial charge in [-0.15, -0.1) is 0 Å². The highest BCUT2D eigenvalue weighted by Crippen LogP contribution is 2.30. The van der Waals surface area contributed by atoms with Crippen molar-refractivity contribution in [3.63, 3.8) is 0 Å². The minimum Gasteiger partial charge on any atom is -0.361 e. The van der Waals surface area contributed by atoms with E-state index in [0.717, 1.165) is 27.9 Å². The lowest BCUT2D eigenvalue weighted by Crippen LogP contribution is -2.36. The van der Waals surface area contributed by atoms with Crippen molar-refractivity contribution in [2.75, 3.05) is 5.32 Å². The molecule has 0 spiro atoms. The molecule has 5 heteroatoms. The number of nitrogens with one attached hydrogen (secondary N) is 2. The number of fused-ring (bicyclic) bond motifs is 1. The van der Waals surface area contributed by atoms with Gasteiger partial charge in [0, 0.05) is 23.0 Å². The molecule has 1 aliphatic heterocycles. The summed E-state index contributed by atoms with van der Waals surface area (Å²) in [5, 5.41) is 14.3. The summed E-state index contributed by atoms with van der Waals surface area (Å²) in [4.78, 5) is 24.9. The summed E-state index contributed by atoms with van der Waals surface area (Å²) in [6.45, 7) is 2.02. The Balaban J connectivity index is 1.70. The maximum atomic E-state index is 12.6. The van der Waals surface area contributed by atoms with E-state index in [-0.39, 0.29) is 0 Å². The second kappa shape index (κ2) is 8.06. The summed E-state index contributed by atoms with van der Waals surface area (Å²) in [6, 6.07) is 23.1. The Kier molecular flexibility index (Phi) is 5.15. The molecule has 0 radical (unpaired) electrons. The van der Waals surface area contributed by atoms with Crippen molar-refractivity contribution >= 4 is 23.1 Å². The fourth-order valence-corrected chi connectivity index (χ4v) is 3.44. The summed E-state index contributed by atoms with van der Waals surface area (Å²) in [5.74, 6) is -0.841. The topological polar surface area (TPSA) is 82.0 Å². The highest BCUT2D eigenvalue weighted by Gasteiger charge is 2.27. The van der Waals surface area contributed by atoms with Crippen LogP contribution in [0.3, 0.4) is 0 Å². The van der Waals surface area contributed by atoms with Crippen LogP contribution in [0.15, 0.2) is 72.9 Å². The van der Waals surface area contributed by atoms with Gasteiger partial charge >= 0.3 is 0 Å². The highest BCUT2D eigenvalue weighted by molar-refractivity contribution is 6.31. The van der Waals surface area contributed by atoms with Crippen molar-refractivity contribution in [3.8, 4) is 17.2 Å². The normalized spacial score (nSPS) is 14.1. The second-order valence-corrected chi connectivity index (χ2v) is 7.15. The van der Waals surface area contributed by atoms with E-state index in [0.29, 0.717) is 23.1 Å². The molecule has 3 aromatic rings. The molecule has 146 valence electrons. The van der Waals surface area contributed by atoms with Crippen molar-refractivity contribution < 1.29 is 9.59 Å². The van der Waals surface area contributed by atoms with Gasteiger partial charge in [-0.05, 0) is 47.9 Å². The molecule has 1 aliphatic rings. The third-order valence-corrected chi connectivity index (χ3v) is 5.00. The Labute approximate surface area is 174 Å². The predicted molar refractivity (Wildman–Crippen MR) is 116 cm³/mol. The average molecular weight is 393 g/mol. The fraction of sp³-hybridized carbons (Fsp3) is 0.0800. The molecule has 0 saturated heterocycles. The third kappa shape index (κ3) is 3.85. The number of carbonyl (C=O) groups excluding carboxylic acids is 2. The molecule has 5 nitrogen and oxygen atoms in total. The lowest BCUT2D eigenvalue weighted by molar-refractivity contribution is -0.114. The van der Waals surface area contributed by atoms with Crippen LogP contribution in [0, 0.1) is 18.3 Å². The molecule has 0 unspecified atom stereocenters. The first kappa shape index (κ1) is 19.2. The number of aryl methyl sites for hydroxylation is 1. The molecule has 1 heterocycles. The maximum Gasteiger partial charge on any atom is 0.260 e. The van der Waals surface area contributed by atoms with Crippen LogP contribution >= 0.6 is 0 Å². The number of benzene rings is 3. The molecule has 0 bridgehead atoms. The third-order valence-electron chi connectivity index (χ3n) is 5.00. The van der Waals surface area contributed by atoms with E-state index < -0.39 is 11.8 Å². The summed E-state index contributed by atoms with van der Waals surface area (Å²) in [7, 11) is 0. The number of rotatable bonds is 4. The second-order valence-electron chi connectivity index (χ2n) is 7.15. The Hall–Kier alpha value is -4.17. The van der Waals surface area contributed by atoms with Gasteiger partial charge in [-0.2, -0.15) is 5.26 Å². The van der Waals surface area contributed by atoms with Crippen molar-refractivity contribution in [1.29, 1.82) is 5.26 Å². The van der Waals surface area contributed by atoms with Gasteiger partial charge < -0.3 is 5.32 Å². The van der Waals surface area contributed by atoms with E-state index in [9.17, 15) is 9.59 Å². The molecule has 4 rings (SSSR count). The van der Waals surface area contributed by atoms with Crippen LogP contribution in [0.2, 0.25) is 0 Å². The SMILES string of the molecule is Cc1cccc(-c2ccc3c(c2)/C(=C/Nc2ccc(CC#N)cc2)C(=O)NC3=O)c1. The van der Waals surface area contributed by atoms with E-state index >= 15 is 0 Å². The number of carbonyl (C=O) groups is 2. The van der Waals surface area contributed by atoms with Gasteiger partial charge in [0.05, 0.1) is 18.1 Å². The number of hydrogen-bond acceptors (Lipinski definition) is 4. The number of nitriles is 1. The first-order chi connectivity index (χ1) is 14.5. The zero-order chi connectivity index (χ0) is 21.1. The van der Waals surface area contributed by atoms with Crippen LogP contribution in [0.5, 0.6) is 0 Å². The van der Waals surface area contributed by atoms with Crippen LogP contribution in [-0.2, 0) is 11.2 Å². The molecule has 0 aliphatic carbocycles. The fourth-order valence-electron chi connectivity index (χ4n) is 3.44. The quantitative estimate of drug-likeness (QED) is 0.507. The molecular formula is C25H19N3O2. The van der Waals surface area contributed by atoms with Gasteiger partial charge in [0.2, 0.25) is 0 Å². The number of imide groups is 1. The van der Waals surface area contributed by atoms with Gasteiger partial charge in [-0.3, -0.25) is 14.9 Å². The van der Waals surface area contributed by atoms with Crippen LogP contribution in [0.1, 0.15) is 27.0 Å². The minimum absolute atomic E-state index is 0.348. The van der Waals surface area contributed by atoms with E-state index in [2.05, 4.69) is 22.8 Å². The molecule has 2 N–H and O–H groups in total. The summed E-state index contributed by atoms with van der Waals surface area (Å²) in [5.41, 5.74) is 6.25. The predicted octanol–water partition coefficient (Wildman–Crippen LogP) is 4.45. The van der Waals surface area contributed by atoms with Gasteiger partial charge in [-0.1, -0.05) is 48.0 Å². The monoisotopic (exact) mass is 393 g/mol. The van der Waals surface area contributed by atoms with Crippen LogP contribution in [0.25, 0.3) is 16.7 Å². The molecule has 0 atom stereocenters.